The lowest BCUT2D eigenvalue weighted by Gasteiger charge is -2.41. The number of ether oxygens (including phenoxy) is 1. The predicted octanol–water partition coefficient (Wildman–Crippen LogP) is 16.6. The van der Waals surface area contributed by atoms with E-state index in [2.05, 4.69) is 245 Å². The van der Waals surface area contributed by atoms with Gasteiger partial charge in [0.2, 0.25) is 0 Å². The number of pyridine rings is 1. The van der Waals surface area contributed by atoms with Gasteiger partial charge in [-0.2, -0.15) is 9.13 Å². The van der Waals surface area contributed by atoms with Crippen LogP contribution in [-0.2, 0) is 10.8 Å². The molecule has 0 radical (unpaired) electrons. The second-order valence-corrected chi connectivity index (χ2v) is 21.4. The van der Waals surface area contributed by atoms with Crippen molar-refractivity contribution in [1.29, 1.82) is 0 Å². The second-order valence-electron chi connectivity index (χ2n) is 21.4. The molecule has 0 aliphatic carbocycles. The molecule has 69 heavy (non-hydrogen) atoms. The Morgan fingerprint density at radius 1 is 0.536 bits per heavy atom. The van der Waals surface area contributed by atoms with E-state index in [1.165, 1.54) is 94.7 Å². The molecule has 2 aromatic heterocycles. The fourth-order valence-electron chi connectivity index (χ4n) is 11.6. The molecule has 10 rings (SSSR count). The standard InChI is InChI=1S/C64H65N4O/c1-38-26-41(4)60(42(5)27-38)51-35-57-58(36-52(51)61-43(6)28-39(2)29-44(61)7)67(62-45(8)30-40(3)31-46(62)9)37-66(57)48-18-17-19-49(33-48)69-50-22-23-54-56(34-50)68(55-21-16-15-20-53(55)64(54,13)14)59-32-47(24-25-65-59)63(10,11)12/h15-37H,1-14H3/q+1. The zero-order valence-corrected chi connectivity index (χ0v) is 43.0. The van der Waals surface area contributed by atoms with Crippen molar-refractivity contribution in [2.75, 3.05) is 4.90 Å². The summed E-state index contributed by atoms with van der Waals surface area (Å²) in [5.41, 5.74) is 26.5. The quantitative estimate of drug-likeness (QED) is 0.149. The van der Waals surface area contributed by atoms with Gasteiger partial charge in [-0.3, -0.25) is 4.90 Å². The van der Waals surface area contributed by atoms with Crippen molar-refractivity contribution in [3.05, 3.63) is 207 Å². The highest BCUT2D eigenvalue weighted by molar-refractivity contribution is 5.96. The Hall–Kier alpha value is -7.24. The maximum atomic E-state index is 6.96. The van der Waals surface area contributed by atoms with E-state index in [0.717, 1.165) is 45.4 Å². The summed E-state index contributed by atoms with van der Waals surface area (Å²) in [6, 6.07) is 47.0. The van der Waals surface area contributed by atoms with Gasteiger partial charge in [-0.15, -0.1) is 0 Å². The van der Waals surface area contributed by atoms with Crippen molar-refractivity contribution >= 4 is 28.2 Å². The molecule has 0 unspecified atom stereocenters. The summed E-state index contributed by atoms with van der Waals surface area (Å²) >= 11 is 0. The molecule has 0 amide bonds. The van der Waals surface area contributed by atoms with Gasteiger partial charge in [0, 0.05) is 23.7 Å². The third kappa shape index (κ3) is 7.92. The number of aryl methyl sites for hydroxylation is 9. The summed E-state index contributed by atoms with van der Waals surface area (Å²) in [6.45, 7) is 31.5. The first-order valence-electron chi connectivity index (χ1n) is 24.4. The van der Waals surface area contributed by atoms with Crippen molar-refractivity contribution in [3.8, 4) is 45.1 Å². The summed E-state index contributed by atoms with van der Waals surface area (Å²) in [7, 11) is 0. The Bertz CT molecular complexity index is 3470. The van der Waals surface area contributed by atoms with Gasteiger partial charge >= 0.3 is 0 Å². The molecule has 0 saturated carbocycles. The van der Waals surface area contributed by atoms with Crippen LogP contribution in [0.1, 0.15) is 101 Å². The Morgan fingerprint density at radius 3 is 1.72 bits per heavy atom. The Balaban J connectivity index is 1.16. The van der Waals surface area contributed by atoms with E-state index >= 15 is 0 Å². The number of nitrogens with zero attached hydrogens (tertiary/aromatic N) is 4. The summed E-state index contributed by atoms with van der Waals surface area (Å²) in [4.78, 5) is 7.31. The van der Waals surface area contributed by atoms with Crippen LogP contribution in [0.4, 0.5) is 17.2 Å². The highest BCUT2D eigenvalue weighted by Crippen LogP contribution is 2.53. The van der Waals surface area contributed by atoms with E-state index in [4.69, 9.17) is 9.72 Å². The van der Waals surface area contributed by atoms with E-state index in [1.807, 2.05) is 6.20 Å². The molecule has 1 aliphatic heterocycles. The van der Waals surface area contributed by atoms with Crippen LogP contribution >= 0.6 is 0 Å². The monoisotopic (exact) mass is 906 g/mol. The van der Waals surface area contributed by atoms with Crippen LogP contribution in [0, 0.1) is 62.3 Å². The van der Waals surface area contributed by atoms with Crippen LogP contribution in [0.15, 0.2) is 140 Å². The molecule has 1 aliphatic rings. The van der Waals surface area contributed by atoms with Crippen LogP contribution < -0.4 is 14.2 Å². The van der Waals surface area contributed by atoms with Gasteiger partial charge in [0.05, 0.1) is 11.4 Å². The summed E-state index contributed by atoms with van der Waals surface area (Å²) in [5, 5.41) is 0. The molecular formula is C64H65N4O+. The van der Waals surface area contributed by atoms with Gasteiger partial charge in [-0.25, -0.2) is 4.98 Å². The molecule has 0 saturated heterocycles. The van der Waals surface area contributed by atoms with Crippen molar-refractivity contribution in [2.45, 2.75) is 108 Å². The van der Waals surface area contributed by atoms with Gasteiger partial charge in [0.1, 0.15) is 28.7 Å². The number of aromatic nitrogens is 3. The first-order chi connectivity index (χ1) is 32.8. The summed E-state index contributed by atoms with van der Waals surface area (Å²) in [6.07, 6.45) is 4.22. The van der Waals surface area contributed by atoms with E-state index < -0.39 is 0 Å². The predicted molar refractivity (Wildman–Crippen MR) is 288 cm³/mol. The first-order valence-corrected chi connectivity index (χ1v) is 24.4. The molecule has 0 N–H and O–H groups in total. The highest BCUT2D eigenvalue weighted by Gasteiger charge is 2.38. The minimum atomic E-state index is -0.243. The normalized spacial score (nSPS) is 13.2. The van der Waals surface area contributed by atoms with Gasteiger partial charge in [0.25, 0.3) is 6.33 Å². The number of imidazole rings is 1. The van der Waals surface area contributed by atoms with Crippen molar-refractivity contribution < 1.29 is 9.30 Å². The minimum absolute atomic E-state index is 0.0330. The van der Waals surface area contributed by atoms with Gasteiger partial charge in [-0.05, 0) is 189 Å². The van der Waals surface area contributed by atoms with Crippen molar-refractivity contribution in [2.24, 2.45) is 0 Å². The molecule has 5 nitrogen and oxygen atoms in total. The highest BCUT2D eigenvalue weighted by atomic mass is 16.5. The summed E-state index contributed by atoms with van der Waals surface area (Å²) in [5.74, 6) is 2.41. The van der Waals surface area contributed by atoms with Gasteiger partial charge in [-0.1, -0.05) is 118 Å². The number of hydrogen-bond acceptors (Lipinski definition) is 3. The fourth-order valence-corrected chi connectivity index (χ4v) is 11.6. The van der Waals surface area contributed by atoms with E-state index in [-0.39, 0.29) is 10.8 Å². The molecule has 346 valence electrons. The fraction of sp³-hybridized carbons (Fsp3) is 0.250. The molecule has 7 aromatic carbocycles. The van der Waals surface area contributed by atoms with Crippen LogP contribution in [0.2, 0.25) is 0 Å². The lowest BCUT2D eigenvalue weighted by Crippen LogP contribution is -2.31. The van der Waals surface area contributed by atoms with Crippen LogP contribution in [0.25, 0.3) is 44.7 Å². The molecular weight excluding hydrogens is 841 g/mol. The minimum Gasteiger partial charge on any atom is -0.457 e. The molecule has 0 spiro atoms. The number of benzene rings is 7. The molecule has 9 aromatic rings. The topological polar surface area (TPSA) is 34.2 Å². The Kier molecular flexibility index (Phi) is 11.1. The lowest BCUT2D eigenvalue weighted by molar-refractivity contribution is -0.568. The SMILES string of the molecule is Cc1cc(C)c(-c2cc3c(cc2-c2c(C)cc(C)cc2C)[n+](-c2c(C)cc(C)cc2C)cn3-c2cccc(Oc3ccc4c(c3)N(c3cc(C(C)(C)C)ccn3)c3ccccc3C4(C)C)c2)c(C)c1. The third-order valence-electron chi connectivity index (χ3n) is 14.5. The number of fused-ring (bicyclic) bond motifs is 3. The zero-order valence-electron chi connectivity index (χ0n) is 43.0. The van der Waals surface area contributed by atoms with Crippen molar-refractivity contribution in [3.63, 3.8) is 0 Å². The maximum Gasteiger partial charge on any atom is 0.255 e. The second kappa shape index (κ2) is 16.8. The third-order valence-corrected chi connectivity index (χ3v) is 14.5. The van der Waals surface area contributed by atoms with E-state index in [0.29, 0.717) is 0 Å². The maximum absolute atomic E-state index is 6.96. The van der Waals surface area contributed by atoms with Crippen LogP contribution in [0.3, 0.4) is 0 Å². The van der Waals surface area contributed by atoms with Crippen molar-refractivity contribution in [1.82, 2.24) is 9.55 Å². The van der Waals surface area contributed by atoms with Crippen LogP contribution in [-0.4, -0.2) is 9.55 Å². The Morgan fingerprint density at radius 2 is 1.10 bits per heavy atom. The average Bonchev–Trinajstić information content (AvgIpc) is 3.63. The lowest BCUT2D eigenvalue weighted by atomic mass is 9.73. The zero-order chi connectivity index (χ0) is 48.8. The molecule has 0 fully saturated rings. The van der Waals surface area contributed by atoms with E-state index in [9.17, 15) is 0 Å². The number of anilines is 3. The van der Waals surface area contributed by atoms with E-state index in [1.54, 1.807) is 0 Å². The molecule has 3 heterocycles. The average molecular weight is 906 g/mol. The largest absolute Gasteiger partial charge is 0.457 e. The van der Waals surface area contributed by atoms with Gasteiger partial charge in [0.15, 0.2) is 11.0 Å². The molecule has 0 atom stereocenters. The number of rotatable bonds is 7. The molecule has 0 bridgehead atoms. The van der Waals surface area contributed by atoms with Gasteiger partial charge < -0.3 is 4.74 Å². The summed E-state index contributed by atoms with van der Waals surface area (Å²) < 4.78 is 11.7. The molecule has 5 heteroatoms. The first kappa shape index (κ1) is 45.5. The number of para-hydroxylation sites is 1. The smallest absolute Gasteiger partial charge is 0.255 e. The number of hydrogen-bond donors (Lipinski definition) is 0. The Labute approximate surface area is 409 Å². The van der Waals surface area contributed by atoms with Crippen LogP contribution in [0.5, 0.6) is 11.5 Å².